The van der Waals surface area contributed by atoms with E-state index in [0.717, 1.165) is 17.8 Å². The van der Waals surface area contributed by atoms with Crippen LogP contribution in [-0.2, 0) is 6.54 Å². The molecule has 0 fully saturated rings. The summed E-state index contributed by atoms with van der Waals surface area (Å²) in [5, 5.41) is 9.75. The summed E-state index contributed by atoms with van der Waals surface area (Å²) in [7, 11) is 3.97. The minimum Gasteiger partial charge on any atom is -0.378 e. The number of hydrogen-bond acceptors (Lipinski definition) is 7. The van der Waals surface area contributed by atoms with E-state index in [-0.39, 0.29) is 11.6 Å². The van der Waals surface area contributed by atoms with E-state index >= 15 is 0 Å². The number of nitrogens with one attached hydrogen (secondary N) is 3. The van der Waals surface area contributed by atoms with E-state index in [0.29, 0.717) is 29.6 Å². The molecule has 3 rings (SSSR count). The Balaban J connectivity index is 1.55. The Labute approximate surface area is 179 Å². The zero-order chi connectivity index (χ0) is 21.3. The molecule has 0 unspecified atom stereocenters. The zero-order valence-corrected chi connectivity index (χ0v) is 17.8. The molecule has 7 nitrogen and oxygen atoms in total. The third-order valence-electron chi connectivity index (χ3n) is 4.20. The van der Waals surface area contributed by atoms with Gasteiger partial charge in [0.05, 0.1) is 12.2 Å². The first-order valence-corrected chi connectivity index (χ1v) is 10.4. The quantitative estimate of drug-likeness (QED) is 0.427. The highest BCUT2D eigenvalue weighted by atomic mass is 32.1. The van der Waals surface area contributed by atoms with Crippen molar-refractivity contribution >= 4 is 33.9 Å². The number of carbonyl (C=O) groups is 1. The van der Waals surface area contributed by atoms with Crippen molar-refractivity contribution in [1.29, 1.82) is 0 Å². The van der Waals surface area contributed by atoms with E-state index in [2.05, 4.69) is 30.8 Å². The predicted octanol–water partition coefficient (Wildman–Crippen LogP) is 3.71. The number of nitrogens with zero attached hydrogens (tertiary/aromatic N) is 3. The van der Waals surface area contributed by atoms with Gasteiger partial charge in [0, 0.05) is 29.4 Å². The van der Waals surface area contributed by atoms with Crippen molar-refractivity contribution in [3.63, 3.8) is 0 Å². The van der Waals surface area contributed by atoms with Crippen LogP contribution in [0.3, 0.4) is 0 Å². The summed E-state index contributed by atoms with van der Waals surface area (Å²) in [5.41, 5.74) is 0.703. The Morgan fingerprint density at radius 2 is 2.07 bits per heavy atom. The lowest BCUT2D eigenvalue weighted by Gasteiger charge is -2.11. The second-order valence-corrected chi connectivity index (χ2v) is 8.05. The van der Waals surface area contributed by atoms with Crippen LogP contribution in [0.4, 0.5) is 21.0 Å². The minimum atomic E-state index is -0.407. The van der Waals surface area contributed by atoms with Gasteiger partial charge in [0.2, 0.25) is 0 Å². The molecule has 158 valence electrons. The number of thiazole rings is 1. The van der Waals surface area contributed by atoms with Crippen molar-refractivity contribution in [1.82, 2.24) is 20.2 Å². The first-order chi connectivity index (χ1) is 14.5. The van der Waals surface area contributed by atoms with E-state index in [9.17, 15) is 9.18 Å². The molecular weight excluding hydrogens is 403 g/mol. The SMILES string of the molecule is CN(C)CCCNC(=O)c1ccc(F)c(NCc2cnc(Nc3ccccn3)s2)c1. The molecule has 0 saturated heterocycles. The molecule has 1 aromatic carbocycles. The van der Waals surface area contributed by atoms with E-state index < -0.39 is 5.82 Å². The van der Waals surface area contributed by atoms with E-state index in [4.69, 9.17) is 0 Å². The van der Waals surface area contributed by atoms with Crippen molar-refractivity contribution in [2.45, 2.75) is 13.0 Å². The molecule has 0 saturated carbocycles. The second-order valence-electron chi connectivity index (χ2n) is 6.93. The van der Waals surface area contributed by atoms with Gasteiger partial charge in [-0.3, -0.25) is 4.79 Å². The summed E-state index contributed by atoms with van der Waals surface area (Å²) in [6, 6.07) is 9.91. The summed E-state index contributed by atoms with van der Waals surface area (Å²) in [6.07, 6.45) is 4.28. The highest BCUT2D eigenvalue weighted by Gasteiger charge is 2.10. The average Bonchev–Trinajstić information content (AvgIpc) is 3.18. The van der Waals surface area contributed by atoms with Gasteiger partial charge in [-0.1, -0.05) is 17.4 Å². The first kappa shape index (κ1) is 21.7. The summed E-state index contributed by atoms with van der Waals surface area (Å²) in [5.74, 6) is 0.0913. The molecule has 0 atom stereocenters. The Hall–Kier alpha value is -3.04. The zero-order valence-electron chi connectivity index (χ0n) is 17.0. The van der Waals surface area contributed by atoms with E-state index in [1.807, 2.05) is 32.3 Å². The Morgan fingerprint density at radius 1 is 1.20 bits per heavy atom. The van der Waals surface area contributed by atoms with E-state index in [1.54, 1.807) is 12.4 Å². The van der Waals surface area contributed by atoms with Crippen LogP contribution >= 0.6 is 11.3 Å². The summed E-state index contributed by atoms with van der Waals surface area (Å²) in [6.45, 7) is 1.86. The number of hydrogen-bond donors (Lipinski definition) is 3. The molecule has 30 heavy (non-hydrogen) atoms. The average molecular weight is 429 g/mol. The molecule has 3 aromatic rings. The third-order valence-corrected chi connectivity index (χ3v) is 5.12. The maximum atomic E-state index is 14.2. The summed E-state index contributed by atoms with van der Waals surface area (Å²) in [4.78, 5) is 23.8. The van der Waals surface area contributed by atoms with Crippen LogP contribution in [0.5, 0.6) is 0 Å². The fraction of sp³-hybridized carbons (Fsp3) is 0.286. The first-order valence-electron chi connectivity index (χ1n) is 9.60. The Kier molecular flexibility index (Phi) is 7.69. The fourth-order valence-corrected chi connectivity index (χ4v) is 3.44. The Morgan fingerprint density at radius 3 is 2.83 bits per heavy atom. The molecule has 3 N–H and O–H groups in total. The highest BCUT2D eigenvalue weighted by molar-refractivity contribution is 7.15. The summed E-state index contributed by atoms with van der Waals surface area (Å²) < 4.78 is 14.2. The predicted molar refractivity (Wildman–Crippen MR) is 119 cm³/mol. The lowest BCUT2D eigenvalue weighted by molar-refractivity contribution is 0.0952. The normalized spacial score (nSPS) is 10.8. The number of benzene rings is 1. The number of anilines is 3. The van der Waals surface area contributed by atoms with E-state index in [1.165, 1.54) is 29.5 Å². The van der Waals surface area contributed by atoms with Gasteiger partial charge >= 0.3 is 0 Å². The molecule has 2 aromatic heterocycles. The van der Waals surface area contributed by atoms with Gasteiger partial charge in [-0.25, -0.2) is 14.4 Å². The monoisotopic (exact) mass is 428 g/mol. The molecule has 0 radical (unpaired) electrons. The lowest BCUT2D eigenvalue weighted by atomic mass is 10.1. The van der Waals surface area contributed by atoms with Crippen LogP contribution in [0.25, 0.3) is 0 Å². The topological polar surface area (TPSA) is 82.2 Å². The molecule has 1 amide bonds. The molecule has 9 heteroatoms. The number of amides is 1. The molecule has 0 aliphatic rings. The lowest BCUT2D eigenvalue weighted by Crippen LogP contribution is -2.27. The molecule has 0 aliphatic carbocycles. The van der Waals surface area contributed by atoms with Crippen LogP contribution in [0.2, 0.25) is 0 Å². The summed E-state index contributed by atoms with van der Waals surface area (Å²) >= 11 is 1.45. The highest BCUT2D eigenvalue weighted by Crippen LogP contribution is 2.23. The number of aromatic nitrogens is 2. The molecular formula is C21H25FN6OS. The van der Waals surface area contributed by atoms with Crippen molar-refractivity contribution < 1.29 is 9.18 Å². The van der Waals surface area contributed by atoms with Crippen molar-refractivity contribution in [2.75, 3.05) is 37.8 Å². The number of pyridine rings is 1. The van der Waals surface area contributed by atoms with Crippen LogP contribution in [0.1, 0.15) is 21.7 Å². The largest absolute Gasteiger partial charge is 0.378 e. The van der Waals surface area contributed by atoms with Gasteiger partial charge in [-0.05, 0) is 57.4 Å². The van der Waals surface area contributed by atoms with Gasteiger partial charge in [0.15, 0.2) is 5.13 Å². The van der Waals surface area contributed by atoms with Crippen molar-refractivity contribution in [3.05, 3.63) is 65.0 Å². The number of carbonyl (C=O) groups excluding carboxylic acids is 1. The molecule has 0 spiro atoms. The maximum Gasteiger partial charge on any atom is 0.251 e. The van der Waals surface area contributed by atoms with Gasteiger partial charge in [0.1, 0.15) is 11.6 Å². The second kappa shape index (κ2) is 10.7. The van der Waals surface area contributed by atoms with Gasteiger partial charge in [0.25, 0.3) is 5.91 Å². The van der Waals surface area contributed by atoms with Crippen LogP contribution in [-0.4, -0.2) is 48.0 Å². The smallest absolute Gasteiger partial charge is 0.251 e. The number of rotatable bonds is 10. The fourth-order valence-electron chi connectivity index (χ4n) is 2.68. The van der Waals surface area contributed by atoms with Crippen LogP contribution in [0.15, 0.2) is 48.8 Å². The maximum absolute atomic E-state index is 14.2. The number of halogens is 1. The third kappa shape index (κ3) is 6.50. The minimum absolute atomic E-state index is 0.212. The standard InChI is InChI=1S/C21H25FN6OS/c1-28(2)11-5-10-24-20(29)15-7-8-17(22)18(12-15)25-13-16-14-26-21(30-16)27-19-6-3-4-9-23-19/h3-4,6-9,12,14,25H,5,10-11,13H2,1-2H3,(H,24,29)(H,23,26,27). The van der Waals surface area contributed by atoms with Crippen molar-refractivity contribution in [3.8, 4) is 0 Å². The van der Waals surface area contributed by atoms with Crippen LogP contribution in [0, 0.1) is 5.82 Å². The Bertz CT molecular complexity index is 963. The molecule has 2 heterocycles. The molecule has 0 aliphatic heterocycles. The van der Waals surface area contributed by atoms with Crippen LogP contribution < -0.4 is 16.0 Å². The van der Waals surface area contributed by atoms with Crippen molar-refractivity contribution in [2.24, 2.45) is 0 Å². The van der Waals surface area contributed by atoms with Gasteiger partial charge < -0.3 is 20.9 Å². The van der Waals surface area contributed by atoms with Gasteiger partial charge in [-0.2, -0.15) is 0 Å². The molecule has 0 bridgehead atoms. The van der Waals surface area contributed by atoms with Gasteiger partial charge in [-0.15, -0.1) is 0 Å².